The molecule has 1 aromatic carbocycles. The van der Waals surface area contributed by atoms with Crippen molar-refractivity contribution < 1.29 is 9.59 Å². The van der Waals surface area contributed by atoms with Gasteiger partial charge in [0, 0.05) is 12.0 Å². The van der Waals surface area contributed by atoms with Crippen LogP contribution in [0.3, 0.4) is 0 Å². The average Bonchev–Trinajstić information content (AvgIpc) is 2.33. The third-order valence-corrected chi connectivity index (χ3v) is 3.40. The van der Waals surface area contributed by atoms with Crippen LogP contribution in [0.15, 0.2) is 18.2 Å². The Bertz CT molecular complexity index is 441. The summed E-state index contributed by atoms with van der Waals surface area (Å²) >= 11 is 11.6. The van der Waals surface area contributed by atoms with Gasteiger partial charge in [-0.1, -0.05) is 43.0 Å². The van der Waals surface area contributed by atoms with Crippen LogP contribution in [0.1, 0.15) is 49.4 Å². The molecule has 0 aromatic heterocycles. The van der Waals surface area contributed by atoms with Crippen molar-refractivity contribution in [3.63, 3.8) is 0 Å². The van der Waals surface area contributed by atoms with E-state index in [0.717, 1.165) is 19.3 Å². The van der Waals surface area contributed by atoms with Gasteiger partial charge in [0.05, 0.1) is 16.5 Å². The molecule has 0 heterocycles. The third kappa shape index (κ3) is 4.79. The number of carbonyl (C=O) groups excluding carboxylic acids is 2. The minimum Gasteiger partial charge on any atom is -0.299 e. The topological polar surface area (TPSA) is 34.1 Å². The molecule has 98 valence electrons. The second-order valence-corrected chi connectivity index (χ2v) is 5.04. The molecule has 18 heavy (non-hydrogen) atoms. The third-order valence-electron chi connectivity index (χ3n) is 2.66. The molecule has 0 N–H and O–H groups in total. The predicted molar refractivity (Wildman–Crippen MR) is 74.6 cm³/mol. The number of rotatable bonds is 7. The van der Waals surface area contributed by atoms with Crippen molar-refractivity contribution >= 4 is 34.8 Å². The molecule has 4 heteroatoms. The highest BCUT2D eigenvalue weighted by Gasteiger charge is 2.12. The minimum absolute atomic E-state index is 0.0143. The molecule has 0 radical (unpaired) electrons. The van der Waals surface area contributed by atoms with E-state index in [4.69, 9.17) is 23.2 Å². The fourth-order valence-electron chi connectivity index (χ4n) is 1.61. The molecule has 1 aromatic rings. The lowest BCUT2D eigenvalue weighted by molar-refractivity contribution is -0.118. The number of unbranched alkanes of at least 4 members (excludes halogenated alkanes) is 2. The van der Waals surface area contributed by atoms with Gasteiger partial charge in [-0.15, -0.1) is 0 Å². The summed E-state index contributed by atoms with van der Waals surface area (Å²) in [5.41, 5.74) is 0.438. The summed E-state index contributed by atoms with van der Waals surface area (Å²) in [5.74, 6) is -0.213. The van der Waals surface area contributed by atoms with Crippen LogP contribution in [0.2, 0.25) is 10.0 Å². The van der Waals surface area contributed by atoms with Crippen LogP contribution in [0.4, 0.5) is 0 Å². The van der Waals surface area contributed by atoms with Gasteiger partial charge in [0.25, 0.3) is 0 Å². The molecular weight excluding hydrogens is 271 g/mol. The highest BCUT2D eigenvalue weighted by Crippen LogP contribution is 2.23. The molecule has 0 spiro atoms. The molecule has 2 nitrogen and oxygen atoms in total. The number of hydrogen-bond donors (Lipinski definition) is 0. The van der Waals surface area contributed by atoms with Crippen molar-refractivity contribution in [3.8, 4) is 0 Å². The Morgan fingerprint density at radius 2 is 1.83 bits per heavy atom. The Kier molecular flexibility index (Phi) is 6.37. The van der Waals surface area contributed by atoms with E-state index in [1.54, 1.807) is 12.1 Å². The van der Waals surface area contributed by atoms with Crippen molar-refractivity contribution in [1.82, 2.24) is 0 Å². The molecule has 0 bridgehead atoms. The van der Waals surface area contributed by atoms with E-state index in [1.807, 2.05) is 0 Å². The maximum absolute atomic E-state index is 11.8. The van der Waals surface area contributed by atoms with Gasteiger partial charge in [-0.3, -0.25) is 9.59 Å². The molecule has 0 fully saturated rings. The van der Waals surface area contributed by atoms with E-state index in [-0.39, 0.29) is 18.0 Å². The summed E-state index contributed by atoms with van der Waals surface area (Å²) in [5, 5.41) is 0.739. The quantitative estimate of drug-likeness (QED) is 0.413. The summed E-state index contributed by atoms with van der Waals surface area (Å²) in [6, 6.07) is 4.67. The Morgan fingerprint density at radius 1 is 1.11 bits per heavy atom. The average molecular weight is 287 g/mol. The van der Waals surface area contributed by atoms with Gasteiger partial charge in [0.15, 0.2) is 5.78 Å². The first kappa shape index (κ1) is 15.2. The molecule has 0 unspecified atom stereocenters. The van der Waals surface area contributed by atoms with Crippen LogP contribution in [0.25, 0.3) is 0 Å². The van der Waals surface area contributed by atoms with Crippen LogP contribution < -0.4 is 0 Å². The van der Waals surface area contributed by atoms with Crippen molar-refractivity contribution in [2.24, 2.45) is 0 Å². The first-order valence-corrected chi connectivity index (χ1v) is 6.80. The predicted octanol–water partition coefficient (Wildman–Crippen LogP) is 4.72. The number of halogens is 2. The second kappa shape index (κ2) is 7.55. The Balaban J connectivity index is 2.54. The molecule has 0 atom stereocenters. The van der Waals surface area contributed by atoms with Crippen molar-refractivity contribution in [3.05, 3.63) is 33.8 Å². The Labute approximate surface area is 117 Å². The normalized spacial score (nSPS) is 10.4. The van der Waals surface area contributed by atoms with Gasteiger partial charge in [0.1, 0.15) is 5.78 Å². The van der Waals surface area contributed by atoms with Crippen molar-refractivity contribution in [2.45, 2.75) is 39.0 Å². The summed E-state index contributed by atoms with van der Waals surface area (Å²) in [7, 11) is 0. The van der Waals surface area contributed by atoms with Crippen LogP contribution in [-0.2, 0) is 4.79 Å². The maximum atomic E-state index is 11.8. The lowest BCUT2D eigenvalue weighted by atomic mass is 10.0. The fraction of sp³-hybridized carbons (Fsp3) is 0.429. The number of Topliss-reactive ketones (excluding diaryl/α,β-unsaturated/α-hetero) is 2. The van der Waals surface area contributed by atoms with Gasteiger partial charge >= 0.3 is 0 Å². The van der Waals surface area contributed by atoms with Gasteiger partial charge in [0.2, 0.25) is 0 Å². The van der Waals surface area contributed by atoms with Gasteiger partial charge in [-0.2, -0.15) is 0 Å². The zero-order valence-electron chi connectivity index (χ0n) is 10.3. The van der Waals surface area contributed by atoms with Crippen LogP contribution in [0.5, 0.6) is 0 Å². The molecule has 0 aliphatic heterocycles. The van der Waals surface area contributed by atoms with Crippen LogP contribution in [0, 0.1) is 0 Å². The van der Waals surface area contributed by atoms with Gasteiger partial charge < -0.3 is 0 Å². The zero-order chi connectivity index (χ0) is 13.5. The highest BCUT2D eigenvalue weighted by atomic mass is 35.5. The standard InChI is InChI=1S/C14H16Cl2O2/c1-2-3-4-5-11(17)9-14(18)10-6-7-12(15)13(16)8-10/h6-8H,2-5,9H2,1H3. The lowest BCUT2D eigenvalue weighted by Gasteiger charge is -2.02. The largest absolute Gasteiger partial charge is 0.299 e. The molecular formula is C14H16Cl2O2. The first-order valence-electron chi connectivity index (χ1n) is 6.04. The van der Waals surface area contributed by atoms with Crippen molar-refractivity contribution in [1.29, 1.82) is 0 Å². The lowest BCUT2D eigenvalue weighted by Crippen LogP contribution is -2.08. The summed E-state index contributed by atoms with van der Waals surface area (Å²) in [6.45, 7) is 2.07. The van der Waals surface area contributed by atoms with Crippen LogP contribution in [-0.4, -0.2) is 11.6 Å². The summed E-state index contributed by atoms with van der Waals surface area (Å²) in [4.78, 5) is 23.4. The van der Waals surface area contributed by atoms with Gasteiger partial charge in [-0.25, -0.2) is 0 Å². The van der Waals surface area contributed by atoms with E-state index in [0.29, 0.717) is 22.0 Å². The fourth-order valence-corrected chi connectivity index (χ4v) is 1.91. The minimum atomic E-state index is -0.199. The maximum Gasteiger partial charge on any atom is 0.170 e. The number of benzene rings is 1. The molecule has 0 saturated heterocycles. The number of carbonyl (C=O) groups is 2. The molecule has 0 saturated carbocycles. The smallest absolute Gasteiger partial charge is 0.170 e. The first-order chi connectivity index (χ1) is 8.54. The van der Waals surface area contributed by atoms with E-state index in [9.17, 15) is 9.59 Å². The Morgan fingerprint density at radius 3 is 2.44 bits per heavy atom. The summed E-state index contributed by atoms with van der Waals surface area (Å²) < 4.78 is 0. The molecule has 0 aliphatic rings. The highest BCUT2D eigenvalue weighted by molar-refractivity contribution is 6.42. The number of ketones is 2. The molecule has 0 aliphatic carbocycles. The molecule has 1 rings (SSSR count). The van der Waals surface area contributed by atoms with Crippen LogP contribution >= 0.6 is 23.2 Å². The SMILES string of the molecule is CCCCCC(=O)CC(=O)c1ccc(Cl)c(Cl)c1. The zero-order valence-corrected chi connectivity index (χ0v) is 11.9. The van der Waals surface area contributed by atoms with E-state index in [1.165, 1.54) is 6.07 Å². The van der Waals surface area contributed by atoms with Gasteiger partial charge in [-0.05, 0) is 24.6 Å². The number of hydrogen-bond acceptors (Lipinski definition) is 2. The summed E-state index contributed by atoms with van der Waals surface area (Å²) in [6.07, 6.45) is 3.35. The van der Waals surface area contributed by atoms with Crippen molar-refractivity contribution in [2.75, 3.05) is 0 Å². The van der Waals surface area contributed by atoms with E-state index >= 15 is 0 Å². The van der Waals surface area contributed by atoms with E-state index < -0.39 is 0 Å². The Hall–Kier alpha value is -0.860. The van der Waals surface area contributed by atoms with E-state index in [2.05, 4.69) is 6.92 Å². The monoisotopic (exact) mass is 286 g/mol. The second-order valence-electron chi connectivity index (χ2n) is 4.22. The molecule has 0 amide bonds.